The second-order valence-electron chi connectivity index (χ2n) is 4.81. The van der Waals surface area contributed by atoms with Crippen LogP contribution in [0, 0.1) is 0 Å². The lowest BCUT2D eigenvalue weighted by Crippen LogP contribution is -2.16. The molecule has 2 rings (SSSR count). The maximum absolute atomic E-state index is 5.77. The van der Waals surface area contributed by atoms with Crippen molar-refractivity contribution in [1.29, 1.82) is 0 Å². The summed E-state index contributed by atoms with van der Waals surface area (Å²) >= 11 is 3.51. The average Bonchev–Trinajstić information content (AvgIpc) is 2.99. The molecule has 0 aliphatic rings. The molecular formula is C15H21BrN4O. The lowest BCUT2D eigenvalue weighted by molar-refractivity contribution is 0.313. The van der Waals surface area contributed by atoms with E-state index in [-0.39, 0.29) is 0 Å². The molecule has 1 aromatic heterocycles. The van der Waals surface area contributed by atoms with Gasteiger partial charge in [-0.05, 0) is 37.6 Å². The van der Waals surface area contributed by atoms with E-state index in [1.54, 1.807) is 6.33 Å². The van der Waals surface area contributed by atoms with Crippen LogP contribution in [0.25, 0.3) is 0 Å². The number of nitrogens with one attached hydrogen (secondary N) is 2. The van der Waals surface area contributed by atoms with Gasteiger partial charge in [0.2, 0.25) is 0 Å². The van der Waals surface area contributed by atoms with E-state index in [1.807, 2.05) is 12.1 Å². The summed E-state index contributed by atoms with van der Waals surface area (Å²) in [7, 11) is 0. The first-order valence-electron chi connectivity index (χ1n) is 7.25. The van der Waals surface area contributed by atoms with Gasteiger partial charge in [-0.3, -0.25) is 5.10 Å². The fourth-order valence-electron chi connectivity index (χ4n) is 1.99. The number of H-pyrrole nitrogens is 1. The Morgan fingerprint density at radius 1 is 1.38 bits per heavy atom. The minimum atomic E-state index is 0.750. The van der Waals surface area contributed by atoms with Crippen molar-refractivity contribution in [2.75, 3.05) is 13.2 Å². The third-order valence-corrected chi connectivity index (χ3v) is 3.52. The maximum Gasteiger partial charge on any atom is 0.137 e. The van der Waals surface area contributed by atoms with E-state index < -0.39 is 0 Å². The molecule has 2 N–H and O–H groups in total. The highest BCUT2D eigenvalue weighted by atomic mass is 79.9. The molecule has 0 bridgehead atoms. The van der Waals surface area contributed by atoms with Gasteiger partial charge in [-0.15, -0.1) is 0 Å². The summed E-state index contributed by atoms with van der Waals surface area (Å²) in [5, 5.41) is 10.2. The monoisotopic (exact) mass is 352 g/mol. The van der Waals surface area contributed by atoms with Crippen LogP contribution in [-0.4, -0.2) is 28.3 Å². The zero-order valence-corrected chi connectivity index (χ0v) is 13.8. The first-order valence-corrected chi connectivity index (χ1v) is 8.05. The van der Waals surface area contributed by atoms with Crippen molar-refractivity contribution >= 4 is 15.9 Å². The summed E-state index contributed by atoms with van der Waals surface area (Å²) in [6, 6.07) is 6.14. The first-order chi connectivity index (χ1) is 10.3. The first kappa shape index (κ1) is 16.0. The minimum absolute atomic E-state index is 0.750. The Kier molecular flexibility index (Phi) is 6.69. The maximum atomic E-state index is 5.77. The van der Waals surface area contributed by atoms with Gasteiger partial charge >= 0.3 is 0 Å². The number of aryl methyl sites for hydroxylation is 1. The van der Waals surface area contributed by atoms with Gasteiger partial charge in [-0.1, -0.05) is 22.9 Å². The van der Waals surface area contributed by atoms with E-state index in [2.05, 4.69) is 49.4 Å². The van der Waals surface area contributed by atoms with Gasteiger partial charge in [-0.2, -0.15) is 5.10 Å². The van der Waals surface area contributed by atoms with Gasteiger partial charge in [0.1, 0.15) is 17.9 Å². The molecule has 0 atom stereocenters. The van der Waals surface area contributed by atoms with Crippen LogP contribution in [0.2, 0.25) is 0 Å². The molecule has 0 aliphatic heterocycles. The number of aromatic nitrogens is 3. The summed E-state index contributed by atoms with van der Waals surface area (Å²) in [5.74, 6) is 1.90. The van der Waals surface area contributed by atoms with Crippen molar-refractivity contribution in [2.45, 2.75) is 32.7 Å². The minimum Gasteiger partial charge on any atom is -0.493 e. The predicted octanol–water partition coefficient (Wildman–Crippen LogP) is 3.08. The largest absolute Gasteiger partial charge is 0.493 e. The summed E-state index contributed by atoms with van der Waals surface area (Å²) in [5.41, 5.74) is 1.18. The molecule has 0 aliphatic carbocycles. The number of halogens is 1. The highest BCUT2D eigenvalue weighted by Crippen LogP contribution is 2.23. The Morgan fingerprint density at radius 3 is 3.05 bits per heavy atom. The Labute approximate surface area is 133 Å². The SMILES string of the molecule is CCCOc1ccc(Br)cc1CNCCCc1ncn[nH]1. The zero-order chi connectivity index (χ0) is 14.9. The standard InChI is InChI=1S/C15H21BrN4O/c1-2-8-21-14-6-5-13(16)9-12(14)10-17-7-3-4-15-18-11-19-20-15/h5-6,9,11,17H,2-4,7-8,10H2,1H3,(H,18,19,20). The normalized spacial score (nSPS) is 10.8. The fraction of sp³-hybridized carbons (Fsp3) is 0.467. The number of hydrogen-bond donors (Lipinski definition) is 2. The number of nitrogens with zero attached hydrogens (tertiary/aromatic N) is 2. The molecule has 0 saturated carbocycles. The number of hydrogen-bond acceptors (Lipinski definition) is 4. The van der Waals surface area contributed by atoms with Crippen LogP contribution in [-0.2, 0) is 13.0 Å². The van der Waals surface area contributed by atoms with Crippen LogP contribution in [0.4, 0.5) is 0 Å². The summed E-state index contributed by atoms with van der Waals surface area (Å²) in [6.07, 6.45) is 4.49. The third kappa shape index (κ3) is 5.47. The molecule has 5 nitrogen and oxygen atoms in total. The highest BCUT2D eigenvalue weighted by Gasteiger charge is 2.04. The van der Waals surface area contributed by atoms with Crippen LogP contribution >= 0.6 is 15.9 Å². The van der Waals surface area contributed by atoms with Crippen molar-refractivity contribution in [3.63, 3.8) is 0 Å². The van der Waals surface area contributed by atoms with E-state index in [0.717, 1.165) is 55.0 Å². The third-order valence-electron chi connectivity index (χ3n) is 3.03. The molecule has 21 heavy (non-hydrogen) atoms. The predicted molar refractivity (Wildman–Crippen MR) is 86.3 cm³/mol. The summed E-state index contributed by atoms with van der Waals surface area (Å²) < 4.78 is 6.85. The number of benzene rings is 1. The van der Waals surface area contributed by atoms with E-state index in [4.69, 9.17) is 4.74 Å². The molecule has 0 amide bonds. The van der Waals surface area contributed by atoms with Gasteiger partial charge in [0.05, 0.1) is 6.61 Å². The Morgan fingerprint density at radius 2 is 2.29 bits per heavy atom. The van der Waals surface area contributed by atoms with Crippen LogP contribution in [0.15, 0.2) is 29.0 Å². The molecule has 0 fully saturated rings. The molecular weight excluding hydrogens is 332 g/mol. The molecule has 1 heterocycles. The van der Waals surface area contributed by atoms with Crippen molar-refractivity contribution in [2.24, 2.45) is 0 Å². The number of rotatable bonds is 9. The lowest BCUT2D eigenvalue weighted by atomic mass is 10.2. The van der Waals surface area contributed by atoms with Gasteiger partial charge < -0.3 is 10.1 Å². The molecule has 114 valence electrons. The van der Waals surface area contributed by atoms with Crippen molar-refractivity contribution in [1.82, 2.24) is 20.5 Å². The molecule has 6 heteroatoms. The van der Waals surface area contributed by atoms with Crippen molar-refractivity contribution in [3.8, 4) is 5.75 Å². The van der Waals surface area contributed by atoms with Crippen molar-refractivity contribution in [3.05, 3.63) is 40.4 Å². The molecule has 0 saturated heterocycles. The van der Waals surface area contributed by atoms with E-state index in [9.17, 15) is 0 Å². The van der Waals surface area contributed by atoms with E-state index in [1.165, 1.54) is 5.56 Å². The van der Waals surface area contributed by atoms with E-state index >= 15 is 0 Å². The number of ether oxygens (including phenoxy) is 1. The molecule has 0 spiro atoms. The van der Waals surface area contributed by atoms with Crippen LogP contribution < -0.4 is 10.1 Å². The second-order valence-corrected chi connectivity index (χ2v) is 5.73. The average molecular weight is 353 g/mol. The fourth-order valence-corrected chi connectivity index (χ4v) is 2.40. The zero-order valence-electron chi connectivity index (χ0n) is 12.2. The van der Waals surface area contributed by atoms with Crippen molar-refractivity contribution < 1.29 is 4.74 Å². The highest BCUT2D eigenvalue weighted by molar-refractivity contribution is 9.10. The van der Waals surface area contributed by atoms with Gasteiger partial charge in [-0.25, -0.2) is 4.98 Å². The smallest absolute Gasteiger partial charge is 0.137 e. The quantitative estimate of drug-likeness (QED) is 0.680. The Bertz CT molecular complexity index is 530. The van der Waals surface area contributed by atoms with Crippen LogP contribution in [0.5, 0.6) is 5.75 Å². The Balaban J connectivity index is 1.77. The second kappa shape index (κ2) is 8.79. The van der Waals surface area contributed by atoms with E-state index in [0.29, 0.717) is 0 Å². The molecule has 2 aromatic rings. The molecule has 0 radical (unpaired) electrons. The lowest BCUT2D eigenvalue weighted by Gasteiger charge is -2.12. The van der Waals surface area contributed by atoms with Gasteiger partial charge in [0.15, 0.2) is 0 Å². The summed E-state index contributed by atoms with van der Waals surface area (Å²) in [4.78, 5) is 4.11. The molecule has 1 aromatic carbocycles. The van der Waals surface area contributed by atoms with Gasteiger partial charge in [0, 0.05) is 23.0 Å². The van der Waals surface area contributed by atoms with Gasteiger partial charge in [0.25, 0.3) is 0 Å². The molecule has 0 unspecified atom stereocenters. The van der Waals surface area contributed by atoms with Crippen LogP contribution in [0.1, 0.15) is 31.2 Å². The Hall–Kier alpha value is -1.40. The topological polar surface area (TPSA) is 62.8 Å². The van der Waals surface area contributed by atoms with Crippen LogP contribution in [0.3, 0.4) is 0 Å². The number of aromatic amines is 1. The summed E-state index contributed by atoms with van der Waals surface area (Å²) in [6.45, 7) is 4.59.